The largest absolute Gasteiger partial charge is 0.442 e. The number of anilines is 1. The van der Waals surface area contributed by atoms with E-state index in [-0.39, 0.29) is 18.2 Å². The SMILES string of the molecule is Cc1cc(N2C[C@H]3OC(=O)N(Cc4ccccn4)[C@H]3C2)c2ccccc2n1. The molecule has 6 heteroatoms. The molecule has 0 bridgehead atoms. The van der Waals surface area contributed by atoms with Gasteiger partial charge in [-0.15, -0.1) is 0 Å². The van der Waals surface area contributed by atoms with Crippen LogP contribution in [0, 0.1) is 6.92 Å². The van der Waals surface area contributed by atoms with Crippen molar-refractivity contribution in [1.82, 2.24) is 14.9 Å². The van der Waals surface area contributed by atoms with Gasteiger partial charge in [-0.25, -0.2) is 4.79 Å². The van der Waals surface area contributed by atoms with Crippen molar-refractivity contribution in [1.29, 1.82) is 0 Å². The second-order valence-electron chi connectivity index (χ2n) is 7.14. The number of carbonyl (C=O) groups is 1. The quantitative estimate of drug-likeness (QED) is 0.718. The van der Waals surface area contributed by atoms with Crippen LogP contribution < -0.4 is 4.90 Å². The van der Waals surface area contributed by atoms with Crippen LogP contribution in [0.25, 0.3) is 10.9 Å². The Bertz CT molecular complexity index is 1010. The smallest absolute Gasteiger partial charge is 0.410 e. The molecule has 3 aromatic rings. The van der Waals surface area contributed by atoms with E-state index in [9.17, 15) is 4.79 Å². The average molecular weight is 360 g/mol. The van der Waals surface area contributed by atoms with Crippen LogP contribution in [0.2, 0.25) is 0 Å². The zero-order valence-corrected chi connectivity index (χ0v) is 15.1. The summed E-state index contributed by atoms with van der Waals surface area (Å²) < 4.78 is 5.67. The predicted octanol–water partition coefficient (Wildman–Crippen LogP) is 3.15. The second-order valence-corrected chi connectivity index (χ2v) is 7.14. The van der Waals surface area contributed by atoms with E-state index < -0.39 is 0 Å². The van der Waals surface area contributed by atoms with Crippen LogP contribution in [0.3, 0.4) is 0 Å². The first-order chi connectivity index (χ1) is 13.2. The lowest BCUT2D eigenvalue weighted by molar-refractivity contribution is 0.135. The molecular weight excluding hydrogens is 340 g/mol. The summed E-state index contributed by atoms with van der Waals surface area (Å²) in [6, 6.07) is 16.1. The standard InChI is InChI=1S/C21H20N4O2/c1-14-10-18(16-7-2-3-8-17(16)23-14)24-12-19-20(13-24)27-21(26)25(19)11-15-6-4-5-9-22-15/h2-10,19-20H,11-13H2,1H3/t19-,20+/m0/s1. The van der Waals surface area contributed by atoms with E-state index in [2.05, 4.69) is 27.0 Å². The molecule has 5 rings (SSSR count). The van der Waals surface area contributed by atoms with Gasteiger partial charge in [0.1, 0.15) is 6.10 Å². The van der Waals surface area contributed by atoms with Crippen molar-refractivity contribution < 1.29 is 9.53 Å². The number of nitrogens with zero attached hydrogens (tertiary/aromatic N) is 4. The van der Waals surface area contributed by atoms with E-state index in [1.54, 1.807) is 6.20 Å². The minimum atomic E-state index is -0.244. The van der Waals surface area contributed by atoms with Crippen LogP contribution in [0.5, 0.6) is 0 Å². The lowest BCUT2D eigenvalue weighted by Crippen LogP contribution is -2.37. The third-order valence-corrected chi connectivity index (χ3v) is 5.35. The Labute approximate surface area is 157 Å². The van der Waals surface area contributed by atoms with Gasteiger partial charge in [0.25, 0.3) is 0 Å². The molecule has 2 atom stereocenters. The number of benzene rings is 1. The molecule has 2 fully saturated rings. The number of carbonyl (C=O) groups excluding carboxylic acids is 1. The highest BCUT2D eigenvalue weighted by Crippen LogP contribution is 2.34. The number of hydrogen-bond donors (Lipinski definition) is 0. The monoisotopic (exact) mass is 360 g/mol. The number of fused-ring (bicyclic) bond motifs is 2. The fraction of sp³-hybridized carbons (Fsp3) is 0.286. The Balaban J connectivity index is 1.44. The van der Waals surface area contributed by atoms with E-state index in [0.717, 1.165) is 34.5 Å². The number of pyridine rings is 2. The minimum absolute atomic E-state index is 0.0340. The minimum Gasteiger partial charge on any atom is -0.442 e. The van der Waals surface area contributed by atoms with Gasteiger partial charge in [-0.3, -0.25) is 14.9 Å². The summed E-state index contributed by atoms with van der Waals surface area (Å²) in [4.78, 5) is 25.4. The summed E-state index contributed by atoms with van der Waals surface area (Å²) in [6.07, 6.45) is 1.39. The first-order valence-electron chi connectivity index (χ1n) is 9.17. The molecule has 6 nitrogen and oxygen atoms in total. The summed E-state index contributed by atoms with van der Waals surface area (Å²) >= 11 is 0. The first-order valence-corrected chi connectivity index (χ1v) is 9.17. The van der Waals surface area contributed by atoms with Crippen molar-refractivity contribution in [3.8, 4) is 0 Å². The van der Waals surface area contributed by atoms with Gasteiger partial charge in [0.2, 0.25) is 0 Å². The Morgan fingerprint density at radius 3 is 2.85 bits per heavy atom. The number of hydrogen-bond acceptors (Lipinski definition) is 5. The summed E-state index contributed by atoms with van der Waals surface area (Å²) in [6.45, 7) is 3.93. The van der Waals surface area contributed by atoms with Crippen LogP contribution in [-0.4, -0.2) is 46.2 Å². The maximum Gasteiger partial charge on any atom is 0.410 e. The van der Waals surface area contributed by atoms with Crippen molar-refractivity contribution in [2.24, 2.45) is 0 Å². The summed E-state index contributed by atoms with van der Waals surface area (Å²) in [5, 5.41) is 1.13. The van der Waals surface area contributed by atoms with Gasteiger partial charge in [-0.1, -0.05) is 24.3 Å². The molecule has 0 spiro atoms. The van der Waals surface area contributed by atoms with Crippen molar-refractivity contribution >= 4 is 22.7 Å². The number of amides is 1. The van der Waals surface area contributed by atoms with E-state index in [4.69, 9.17) is 4.74 Å². The molecular formula is C21H20N4O2. The van der Waals surface area contributed by atoms with Gasteiger partial charge >= 0.3 is 6.09 Å². The summed E-state index contributed by atoms with van der Waals surface area (Å²) in [7, 11) is 0. The average Bonchev–Trinajstić information content (AvgIpc) is 3.20. The van der Waals surface area contributed by atoms with Crippen molar-refractivity contribution in [2.45, 2.75) is 25.6 Å². The fourth-order valence-corrected chi connectivity index (χ4v) is 4.10. The van der Waals surface area contributed by atoms with Gasteiger partial charge < -0.3 is 9.64 Å². The third-order valence-electron chi connectivity index (χ3n) is 5.35. The van der Waals surface area contributed by atoms with Gasteiger partial charge in [-0.2, -0.15) is 0 Å². The molecule has 0 saturated carbocycles. The van der Waals surface area contributed by atoms with Gasteiger partial charge in [0.05, 0.1) is 30.3 Å². The van der Waals surface area contributed by atoms with E-state index in [0.29, 0.717) is 13.1 Å². The van der Waals surface area contributed by atoms with E-state index in [1.165, 1.54) is 0 Å². The van der Waals surface area contributed by atoms with E-state index >= 15 is 0 Å². The molecule has 0 N–H and O–H groups in total. The number of para-hydroxylation sites is 1. The lowest BCUT2D eigenvalue weighted by atomic mass is 10.1. The third kappa shape index (κ3) is 2.77. The Morgan fingerprint density at radius 2 is 2.00 bits per heavy atom. The summed E-state index contributed by atoms with van der Waals surface area (Å²) in [5.41, 5.74) is 4.01. The number of aryl methyl sites for hydroxylation is 1. The highest BCUT2D eigenvalue weighted by atomic mass is 16.6. The molecule has 136 valence electrons. The number of rotatable bonds is 3. The summed E-state index contributed by atoms with van der Waals surface area (Å²) in [5.74, 6) is 0. The van der Waals surface area contributed by atoms with Crippen LogP contribution in [0.1, 0.15) is 11.4 Å². The van der Waals surface area contributed by atoms with Gasteiger partial charge in [0, 0.05) is 29.5 Å². The molecule has 2 aromatic heterocycles. The number of aromatic nitrogens is 2. The van der Waals surface area contributed by atoms with Crippen molar-refractivity contribution in [3.05, 3.63) is 66.1 Å². The molecule has 0 aliphatic carbocycles. The molecule has 0 unspecified atom stereocenters. The highest BCUT2D eigenvalue weighted by molar-refractivity contribution is 5.92. The molecule has 27 heavy (non-hydrogen) atoms. The molecule has 4 heterocycles. The Kier molecular flexibility index (Phi) is 3.70. The van der Waals surface area contributed by atoms with Crippen LogP contribution in [-0.2, 0) is 11.3 Å². The number of ether oxygens (including phenoxy) is 1. The van der Waals surface area contributed by atoms with Crippen LogP contribution in [0.4, 0.5) is 10.5 Å². The van der Waals surface area contributed by atoms with Gasteiger partial charge in [-0.05, 0) is 31.2 Å². The lowest BCUT2D eigenvalue weighted by Gasteiger charge is -2.24. The highest BCUT2D eigenvalue weighted by Gasteiger charge is 2.48. The molecule has 2 saturated heterocycles. The maximum atomic E-state index is 12.3. The Hall–Kier alpha value is -3.15. The van der Waals surface area contributed by atoms with Gasteiger partial charge in [0.15, 0.2) is 0 Å². The topological polar surface area (TPSA) is 58.6 Å². The molecule has 2 aliphatic heterocycles. The molecule has 1 aromatic carbocycles. The second kappa shape index (κ2) is 6.23. The molecule has 1 amide bonds. The van der Waals surface area contributed by atoms with Crippen LogP contribution >= 0.6 is 0 Å². The van der Waals surface area contributed by atoms with E-state index in [1.807, 2.05) is 48.2 Å². The molecule has 0 radical (unpaired) electrons. The van der Waals surface area contributed by atoms with Crippen LogP contribution in [0.15, 0.2) is 54.7 Å². The fourth-order valence-electron chi connectivity index (χ4n) is 4.10. The van der Waals surface area contributed by atoms with Crippen molar-refractivity contribution in [2.75, 3.05) is 18.0 Å². The zero-order valence-electron chi connectivity index (χ0n) is 15.1. The maximum absolute atomic E-state index is 12.3. The van der Waals surface area contributed by atoms with Crippen molar-refractivity contribution in [3.63, 3.8) is 0 Å². The first kappa shape index (κ1) is 16.1. The predicted molar refractivity (Wildman–Crippen MR) is 103 cm³/mol. The molecule has 2 aliphatic rings. The zero-order chi connectivity index (χ0) is 18.4. The Morgan fingerprint density at radius 1 is 1.15 bits per heavy atom. The normalized spacial score (nSPS) is 21.6.